The number of ether oxygens (including phenoxy) is 3. The van der Waals surface area contributed by atoms with Gasteiger partial charge in [-0.3, -0.25) is 0 Å². The molecule has 3 atom stereocenters. The van der Waals surface area contributed by atoms with E-state index in [1.165, 1.54) is 0 Å². The molecule has 33 heavy (non-hydrogen) atoms. The summed E-state index contributed by atoms with van der Waals surface area (Å²) in [5.74, 6) is -0.448. The summed E-state index contributed by atoms with van der Waals surface area (Å²) >= 11 is 0. The third-order valence-electron chi connectivity index (χ3n) is 13.3. The quantitative estimate of drug-likeness (QED) is 0.416. The second kappa shape index (κ2) is 7.00. The van der Waals surface area contributed by atoms with Crippen LogP contribution in [-0.4, -0.2) is 28.2 Å². The van der Waals surface area contributed by atoms with Crippen molar-refractivity contribution in [1.29, 1.82) is 0 Å². The molecule has 3 heteroatoms. The SMILES string of the molecule is CC(C)C1(C)OC(C)(C)C(C)(OC2(C)OC(C)(C)C(C)(C)C(C)(C)C2(C)C)C(C)(C)C1(C)C. The van der Waals surface area contributed by atoms with Crippen molar-refractivity contribution >= 4 is 0 Å². The topological polar surface area (TPSA) is 27.7 Å². The van der Waals surface area contributed by atoms with E-state index in [0.717, 1.165) is 0 Å². The monoisotopic (exact) mass is 466 g/mol. The highest BCUT2D eigenvalue weighted by molar-refractivity contribution is 5.21. The third kappa shape index (κ3) is 3.10. The Morgan fingerprint density at radius 3 is 1.27 bits per heavy atom. The summed E-state index contributed by atoms with van der Waals surface area (Å²) in [7, 11) is 0. The van der Waals surface area contributed by atoms with Gasteiger partial charge in [0, 0.05) is 16.2 Å². The summed E-state index contributed by atoms with van der Waals surface area (Å²) in [5, 5.41) is 0. The van der Waals surface area contributed by atoms with Crippen LogP contribution in [0.3, 0.4) is 0 Å². The minimum Gasteiger partial charge on any atom is -0.366 e. The molecule has 0 aromatic rings. The fourth-order valence-electron chi connectivity index (χ4n) is 7.20. The van der Waals surface area contributed by atoms with E-state index >= 15 is 0 Å². The maximum absolute atomic E-state index is 7.48. The fourth-order valence-corrected chi connectivity index (χ4v) is 7.20. The van der Waals surface area contributed by atoms with Crippen molar-refractivity contribution in [3.05, 3.63) is 0 Å². The van der Waals surface area contributed by atoms with Gasteiger partial charge in [-0.05, 0) is 65.2 Å². The Morgan fingerprint density at radius 2 is 0.879 bits per heavy atom. The van der Waals surface area contributed by atoms with Gasteiger partial charge >= 0.3 is 0 Å². The molecular weight excluding hydrogens is 408 g/mol. The summed E-state index contributed by atoms with van der Waals surface area (Å²) in [4.78, 5) is 0. The van der Waals surface area contributed by atoms with E-state index in [9.17, 15) is 0 Å². The average molecular weight is 467 g/mol. The van der Waals surface area contributed by atoms with Gasteiger partial charge in [0.05, 0.1) is 16.8 Å². The second-order valence-corrected chi connectivity index (χ2v) is 15.7. The van der Waals surface area contributed by atoms with Gasteiger partial charge in [-0.25, -0.2) is 0 Å². The average Bonchev–Trinajstić information content (AvgIpc) is 2.57. The lowest BCUT2D eigenvalue weighted by Crippen LogP contribution is -2.80. The molecule has 2 aliphatic heterocycles. The molecule has 0 radical (unpaired) electrons. The van der Waals surface area contributed by atoms with Gasteiger partial charge < -0.3 is 14.2 Å². The van der Waals surface area contributed by atoms with Gasteiger partial charge in [-0.2, -0.15) is 0 Å². The van der Waals surface area contributed by atoms with E-state index in [-0.39, 0.29) is 38.3 Å². The summed E-state index contributed by atoms with van der Waals surface area (Å²) in [5.41, 5.74) is -2.57. The molecule has 196 valence electrons. The molecule has 2 fully saturated rings. The van der Waals surface area contributed by atoms with Crippen molar-refractivity contribution < 1.29 is 14.2 Å². The van der Waals surface area contributed by atoms with Gasteiger partial charge in [0.15, 0.2) is 5.79 Å². The predicted octanol–water partition coefficient (Wildman–Crippen LogP) is 8.64. The Kier molecular flexibility index (Phi) is 6.18. The summed E-state index contributed by atoms with van der Waals surface area (Å²) in [6.07, 6.45) is 0. The first-order valence-electron chi connectivity index (χ1n) is 13.2. The molecule has 2 aliphatic rings. The molecule has 0 saturated carbocycles. The van der Waals surface area contributed by atoms with E-state index in [1.54, 1.807) is 0 Å². The maximum atomic E-state index is 7.48. The third-order valence-corrected chi connectivity index (χ3v) is 13.3. The molecule has 0 spiro atoms. The molecule has 0 bridgehead atoms. The van der Waals surface area contributed by atoms with Crippen molar-refractivity contribution in [2.24, 2.45) is 33.0 Å². The normalized spacial score (nSPS) is 42.2. The zero-order chi connectivity index (χ0) is 26.7. The number of hydrogen-bond donors (Lipinski definition) is 0. The Bertz CT molecular complexity index is 782. The molecule has 0 aromatic carbocycles. The van der Waals surface area contributed by atoms with Crippen molar-refractivity contribution in [2.45, 2.75) is 160 Å². The first-order valence-corrected chi connectivity index (χ1v) is 13.2. The summed E-state index contributed by atoms with van der Waals surface area (Å²) < 4.78 is 21.7. The van der Waals surface area contributed by atoms with Crippen LogP contribution < -0.4 is 0 Å². The van der Waals surface area contributed by atoms with Gasteiger partial charge in [0.25, 0.3) is 0 Å². The molecule has 2 rings (SSSR count). The summed E-state index contributed by atoms with van der Waals surface area (Å²) in [6.45, 7) is 43.7. The Labute approximate surface area is 207 Å². The minimum absolute atomic E-state index is 0.0569. The molecule has 3 unspecified atom stereocenters. The van der Waals surface area contributed by atoms with Crippen molar-refractivity contribution in [1.82, 2.24) is 0 Å². The van der Waals surface area contributed by atoms with E-state index in [4.69, 9.17) is 14.2 Å². The number of hydrogen-bond acceptors (Lipinski definition) is 3. The molecule has 3 nitrogen and oxygen atoms in total. The Balaban J connectivity index is 2.77. The highest BCUT2D eigenvalue weighted by atomic mass is 16.7. The molecule has 0 aromatic heterocycles. The second-order valence-electron chi connectivity index (χ2n) is 15.7. The van der Waals surface area contributed by atoms with E-state index < -0.39 is 17.0 Å². The van der Waals surface area contributed by atoms with Crippen LogP contribution >= 0.6 is 0 Å². The van der Waals surface area contributed by atoms with Gasteiger partial charge in [0.1, 0.15) is 5.60 Å². The van der Waals surface area contributed by atoms with Crippen LogP contribution in [0.4, 0.5) is 0 Å². The molecule has 0 amide bonds. The van der Waals surface area contributed by atoms with Crippen molar-refractivity contribution in [3.8, 4) is 0 Å². The smallest absolute Gasteiger partial charge is 0.172 e. The van der Waals surface area contributed by atoms with Crippen LogP contribution in [0.25, 0.3) is 0 Å². The van der Waals surface area contributed by atoms with Crippen molar-refractivity contribution in [3.63, 3.8) is 0 Å². The summed E-state index contributed by atoms with van der Waals surface area (Å²) in [6, 6.07) is 0. The molecule has 2 saturated heterocycles. The van der Waals surface area contributed by atoms with E-state index in [1.807, 2.05) is 0 Å². The highest BCUT2D eigenvalue weighted by Gasteiger charge is 2.75. The van der Waals surface area contributed by atoms with Gasteiger partial charge in [0.2, 0.25) is 0 Å². The van der Waals surface area contributed by atoms with Crippen LogP contribution in [0.1, 0.15) is 132 Å². The predicted molar refractivity (Wildman–Crippen MR) is 140 cm³/mol. The van der Waals surface area contributed by atoms with Crippen LogP contribution in [0, 0.1) is 33.0 Å². The lowest BCUT2D eigenvalue weighted by molar-refractivity contribution is -0.474. The minimum atomic E-state index is -0.816. The van der Waals surface area contributed by atoms with E-state index in [0.29, 0.717) is 5.92 Å². The zero-order valence-corrected chi connectivity index (χ0v) is 25.8. The van der Waals surface area contributed by atoms with E-state index in [2.05, 4.69) is 132 Å². The lowest BCUT2D eigenvalue weighted by atomic mass is 9.45. The molecule has 2 heterocycles. The molecule has 0 aliphatic carbocycles. The Hall–Kier alpha value is -0.120. The fraction of sp³-hybridized carbons (Fsp3) is 1.00. The van der Waals surface area contributed by atoms with Crippen LogP contribution in [-0.2, 0) is 14.2 Å². The van der Waals surface area contributed by atoms with Crippen LogP contribution in [0.5, 0.6) is 0 Å². The number of rotatable bonds is 3. The first kappa shape index (κ1) is 29.1. The highest BCUT2D eigenvalue weighted by Crippen LogP contribution is 2.70. The Morgan fingerprint density at radius 1 is 0.455 bits per heavy atom. The molecular formula is C30H58O3. The van der Waals surface area contributed by atoms with Crippen molar-refractivity contribution in [2.75, 3.05) is 0 Å². The largest absolute Gasteiger partial charge is 0.366 e. The van der Waals surface area contributed by atoms with Gasteiger partial charge in [-0.15, -0.1) is 0 Å². The van der Waals surface area contributed by atoms with Gasteiger partial charge in [-0.1, -0.05) is 83.1 Å². The van der Waals surface area contributed by atoms with Crippen LogP contribution in [0.15, 0.2) is 0 Å². The maximum Gasteiger partial charge on any atom is 0.172 e. The first-order chi connectivity index (χ1) is 14.1. The zero-order valence-electron chi connectivity index (χ0n) is 25.8. The van der Waals surface area contributed by atoms with Crippen LogP contribution in [0.2, 0.25) is 0 Å². The standard InChI is InChI=1S/C30H58O3/c1-20(2)28(17)23(7,8)24(9,10)29(18,27(15,16)31-28)33-30(19)25(11,12)21(3,4)22(5,6)26(13,14)32-30/h20H,1-19H3. The lowest BCUT2D eigenvalue weighted by Gasteiger charge is -2.74. The molecule has 0 N–H and O–H groups in total.